The number of aliphatic hydroxyl groups is 2. The first-order valence-electron chi connectivity index (χ1n) is 9.34. The van der Waals surface area contributed by atoms with E-state index in [4.69, 9.17) is 0 Å². The van der Waals surface area contributed by atoms with Crippen LogP contribution in [0.1, 0.15) is 38.8 Å². The highest BCUT2D eigenvalue weighted by Gasteiger charge is 2.13. The number of rotatable bonds is 0. The third-order valence-electron chi connectivity index (χ3n) is 4.67. The second-order valence-electron chi connectivity index (χ2n) is 8.27. The molecule has 0 saturated heterocycles. The van der Waals surface area contributed by atoms with Crippen LogP contribution in [-0.2, 0) is 0 Å². The van der Waals surface area contributed by atoms with Gasteiger partial charge in [0, 0.05) is 11.1 Å². The quantitative estimate of drug-likeness (QED) is 0.346. The van der Waals surface area contributed by atoms with Gasteiger partial charge in [-0.25, -0.2) is 0 Å². The molecule has 0 bridgehead atoms. The van der Waals surface area contributed by atoms with Gasteiger partial charge in [-0.2, -0.15) is 0 Å². The molecule has 0 radical (unpaired) electrons. The van der Waals surface area contributed by atoms with Crippen molar-refractivity contribution >= 4 is 32.3 Å². The van der Waals surface area contributed by atoms with Crippen LogP contribution in [0, 0.1) is 23.7 Å². The van der Waals surface area contributed by atoms with Crippen LogP contribution >= 0.6 is 0 Å². The zero-order chi connectivity index (χ0) is 20.1. The van der Waals surface area contributed by atoms with Crippen LogP contribution in [0.25, 0.3) is 32.3 Å². The van der Waals surface area contributed by atoms with Crippen molar-refractivity contribution in [1.82, 2.24) is 0 Å². The van der Waals surface area contributed by atoms with E-state index in [0.29, 0.717) is 0 Å². The average molecular weight is 366 g/mol. The van der Waals surface area contributed by atoms with E-state index >= 15 is 0 Å². The molecule has 4 aromatic rings. The topological polar surface area (TPSA) is 40.5 Å². The third kappa shape index (κ3) is 3.41. The summed E-state index contributed by atoms with van der Waals surface area (Å²) in [4.78, 5) is 0. The van der Waals surface area contributed by atoms with Gasteiger partial charge in [-0.3, -0.25) is 0 Å². The standard InChI is InChI=1S/C26H22O2/c1-25(2,27)15-13-17-5-7-19-10-12-22-18(14-16-26(3,4)28)6-8-20-9-11-21(17)23(19)24(20)22/h5-12,27-28H,1-4H3. The van der Waals surface area contributed by atoms with Gasteiger partial charge in [-0.1, -0.05) is 60.1 Å². The molecule has 0 heterocycles. The molecule has 0 aliphatic carbocycles. The maximum absolute atomic E-state index is 9.97. The smallest absolute Gasteiger partial charge is 0.120 e. The molecule has 0 fully saturated rings. The Balaban J connectivity index is 2.06. The molecule has 138 valence electrons. The molecule has 0 saturated carbocycles. The van der Waals surface area contributed by atoms with E-state index in [2.05, 4.69) is 60.1 Å². The van der Waals surface area contributed by atoms with Gasteiger partial charge in [-0.05, 0) is 72.1 Å². The van der Waals surface area contributed by atoms with Crippen molar-refractivity contribution in [3.8, 4) is 23.7 Å². The van der Waals surface area contributed by atoms with Gasteiger partial charge < -0.3 is 10.2 Å². The minimum atomic E-state index is -1.04. The predicted octanol–water partition coefficient (Wildman–Crippen LogP) is 4.83. The molecule has 0 aliphatic rings. The Labute approximate surface area is 165 Å². The molecule has 4 rings (SSSR count). The second-order valence-corrected chi connectivity index (χ2v) is 8.27. The van der Waals surface area contributed by atoms with Crippen molar-refractivity contribution in [2.75, 3.05) is 0 Å². The molecule has 2 nitrogen and oxygen atoms in total. The Morgan fingerprint density at radius 1 is 0.571 bits per heavy atom. The lowest BCUT2D eigenvalue weighted by Crippen LogP contribution is -2.14. The zero-order valence-electron chi connectivity index (χ0n) is 16.5. The van der Waals surface area contributed by atoms with Crippen molar-refractivity contribution in [3.05, 3.63) is 59.7 Å². The molecule has 28 heavy (non-hydrogen) atoms. The van der Waals surface area contributed by atoms with E-state index in [1.807, 2.05) is 12.1 Å². The van der Waals surface area contributed by atoms with Crippen molar-refractivity contribution in [1.29, 1.82) is 0 Å². The first-order chi connectivity index (χ1) is 13.1. The van der Waals surface area contributed by atoms with Crippen LogP contribution in [0.3, 0.4) is 0 Å². The van der Waals surface area contributed by atoms with Gasteiger partial charge in [0.1, 0.15) is 11.2 Å². The molecule has 0 atom stereocenters. The fourth-order valence-electron chi connectivity index (χ4n) is 3.46. The lowest BCUT2D eigenvalue weighted by Gasteiger charge is -2.13. The maximum Gasteiger partial charge on any atom is 0.120 e. The summed E-state index contributed by atoms with van der Waals surface area (Å²) in [6.45, 7) is 6.74. The summed E-state index contributed by atoms with van der Waals surface area (Å²) in [5.74, 6) is 12.1. The van der Waals surface area contributed by atoms with Gasteiger partial charge in [-0.15, -0.1) is 0 Å². The first kappa shape index (κ1) is 18.3. The van der Waals surface area contributed by atoms with Gasteiger partial charge in [0.15, 0.2) is 0 Å². The average Bonchev–Trinajstić information content (AvgIpc) is 2.62. The molecule has 2 N–H and O–H groups in total. The third-order valence-corrected chi connectivity index (χ3v) is 4.67. The van der Waals surface area contributed by atoms with E-state index in [9.17, 15) is 10.2 Å². The first-order valence-corrected chi connectivity index (χ1v) is 9.34. The highest BCUT2D eigenvalue weighted by Crippen LogP contribution is 2.37. The highest BCUT2D eigenvalue weighted by atomic mass is 16.3. The lowest BCUT2D eigenvalue weighted by atomic mass is 9.90. The van der Waals surface area contributed by atoms with Crippen molar-refractivity contribution in [2.45, 2.75) is 38.9 Å². The highest BCUT2D eigenvalue weighted by molar-refractivity contribution is 6.24. The van der Waals surface area contributed by atoms with Crippen LogP contribution in [0.5, 0.6) is 0 Å². The van der Waals surface area contributed by atoms with Crippen LogP contribution in [0.4, 0.5) is 0 Å². The number of hydrogen-bond acceptors (Lipinski definition) is 2. The van der Waals surface area contributed by atoms with Crippen LogP contribution in [0.2, 0.25) is 0 Å². The molecule has 2 heteroatoms. The normalized spacial score (nSPS) is 12.1. The van der Waals surface area contributed by atoms with Crippen molar-refractivity contribution in [3.63, 3.8) is 0 Å². The summed E-state index contributed by atoms with van der Waals surface area (Å²) in [7, 11) is 0. The minimum Gasteiger partial charge on any atom is -0.378 e. The van der Waals surface area contributed by atoms with Crippen LogP contribution in [-0.4, -0.2) is 21.4 Å². The lowest BCUT2D eigenvalue weighted by molar-refractivity contribution is 0.143. The molecule has 0 aromatic heterocycles. The Bertz CT molecular complexity index is 1220. The summed E-state index contributed by atoms with van der Waals surface area (Å²) in [5.41, 5.74) is -0.276. The fourth-order valence-corrected chi connectivity index (χ4v) is 3.46. The Morgan fingerprint density at radius 2 is 0.929 bits per heavy atom. The Morgan fingerprint density at radius 3 is 1.29 bits per heavy atom. The number of hydrogen-bond donors (Lipinski definition) is 2. The summed E-state index contributed by atoms with van der Waals surface area (Å²) < 4.78 is 0. The molecule has 0 unspecified atom stereocenters. The Hall–Kier alpha value is -3.04. The molecule has 0 amide bonds. The van der Waals surface area contributed by atoms with Crippen molar-refractivity contribution < 1.29 is 10.2 Å². The SMILES string of the molecule is CC(C)(O)C#Cc1ccc2ccc3c(C#CC(C)(C)O)ccc4ccc1c2c43. The van der Waals surface area contributed by atoms with Crippen LogP contribution in [0.15, 0.2) is 48.5 Å². The zero-order valence-corrected chi connectivity index (χ0v) is 16.5. The second kappa shape index (κ2) is 6.25. The van der Waals surface area contributed by atoms with Gasteiger partial charge in [0.2, 0.25) is 0 Å². The number of benzene rings is 4. The molecule has 0 aliphatic heterocycles. The molecular weight excluding hydrogens is 344 g/mol. The van der Waals surface area contributed by atoms with E-state index in [0.717, 1.165) is 43.4 Å². The summed E-state index contributed by atoms with van der Waals surface area (Å²) in [5, 5.41) is 26.7. The van der Waals surface area contributed by atoms with Crippen molar-refractivity contribution in [2.24, 2.45) is 0 Å². The van der Waals surface area contributed by atoms with E-state index in [1.165, 1.54) is 0 Å². The summed E-state index contributed by atoms with van der Waals surface area (Å²) in [6.07, 6.45) is 0. The molecule has 0 spiro atoms. The summed E-state index contributed by atoms with van der Waals surface area (Å²) in [6, 6.07) is 16.6. The fraction of sp³-hybridized carbons (Fsp3) is 0.231. The van der Waals surface area contributed by atoms with Crippen LogP contribution < -0.4 is 0 Å². The predicted molar refractivity (Wildman–Crippen MR) is 116 cm³/mol. The largest absolute Gasteiger partial charge is 0.378 e. The maximum atomic E-state index is 9.97. The van der Waals surface area contributed by atoms with E-state index < -0.39 is 11.2 Å². The molecule has 4 aromatic carbocycles. The monoisotopic (exact) mass is 366 g/mol. The van der Waals surface area contributed by atoms with Gasteiger partial charge in [0.25, 0.3) is 0 Å². The van der Waals surface area contributed by atoms with Gasteiger partial charge >= 0.3 is 0 Å². The Kier molecular flexibility index (Phi) is 4.09. The van der Waals surface area contributed by atoms with E-state index in [-0.39, 0.29) is 0 Å². The minimum absolute atomic E-state index is 0.900. The van der Waals surface area contributed by atoms with Gasteiger partial charge in [0.05, 0.1) is 0 Å². The van der Waals surface area contributed by atoms with E-state index in [1.54, 1.807) is 27.7 Å². The summed E-state index contributed by atoms with van der Waals surface area (Å²) >= 11 is 0. The molecular formula is C26H22O2.